The Morgan fingerprint density at radius 3 is 2.50 bits per heavy atom. The molecule has 42 valence electrons. The molecule has 0 aromatic rings. The van der Waals surface area contributed by atoms with E-state index in [1.165, 1.54) is 6.08 Å². The van der Waals surface area contributed by atoms with E-state index in [1.54, 1.807) is 6.92 Å². The van der Waals surface area contributed by atoms with Crippen molar-refractivity contribution >= 4 is 23.1 Å². The van der Waals surface area contributed by atoms with Gasteiger partial charge >= 0.3 is 0 Å². The van der Waals surface area contributed by atoms with Crippen LogP contribution in [0, 0.1) is 0 Å². The topological polar surface area (TPSA) is 29.1 Å². The van der Waals surface area contributed by atoms with Gasteiger partial charge in [0.1, 0.15) is 4.99 Å². The minimum atomic E-state index is -0.104. The third-order valence-electron chi connectivity index (χ3n) is 0.942. The first kappa shape index (κ1) is 5.44. The summed E-state index contributed by atoms with van der Waals surface area (Å²) in [5.41, 5.74) is 0.852. The first-order valence-corrected chi connectivity index (χ1v) is 2.64. The highest BCUT2D eigenvalue weighted by molar-refractivity contribution is 7.80. The van der Waals surface area contributed by atoms with Gasteiger partial charge < -0.3 is 5.32 Å². The molecule has 1 N–H and O–H groups in total. The van der Waals surface area contributed by atoms with Gasteiger partial charge in [-0.3, -0.25) is 4.79 Å². The lowest BCUT2D eigenvalue weighted by atomic mass is 10.3. The van der Waals surface area contributed by atoms with E-state index >= 15 is 0 Å². The van der Waals surface area contributed by atoms with Crippen LogP contribution in [0.1, 0.15) is 6.92 Å². The van der Waals surface area contributed by atoms with Gasteiger partial charge in [-0.15, -0.1) is 0 Å². The highest BCUT2D eigenvalue weighted by atomic mass is 32.1. The van der Waals surface area contributed by atoms with Gasteiger partial charge in [-0.1, -0.05) is 12.2 Å². The second kappa shape index (κ2) is 1.67. The normalized spacial score (nSPS) is 18.4. The summed E-state index contributed by atoms with van der Waals surface area (Å²) in [6, 6.07) is 0. The maximum Gasteiger partial charge on any atom is 0.249 e. The zero-order valence-corrected chi connectivity index (χ0v) is 5.21. The zero-order valence-electron chi connectivity index (χ0n) is 4.39. The molecular weight excluding hydrogens is 122 g/mol. The monoisotopic (exact) mass is 127 g/mol. The minimum absolute atomic E-state index is 0.104. The van der Waals surface area contributed by atoms with Crippen molar-refractivity contribution in [3.8, 4) is 0 Å². The van der Waals surface area contributed by atoms with Crippen LogP contribution in [0.2, 0.25) is 0 Å². The lowest BCUT2D eigenvalue weighted by Crippen LogP contribution is -2.19. The lowest BCUT2D eigenvalue weighted by molar-refractivity contribution is -0.114. The highest BCUT2D eigenvalue weighted by Gasteiger charge is 2.11. The third kappa shape index (κ3) is 0.767. The molecule has 0 saturated heterocycles. The summed E-state index contributed by atoms with van der Waals surface area (Å²) < 4.78 is 0. The van der Waals surface area contributed by atoms with E-state index in [1.807, 2.05) is 0 Å². The number of nitrogens with one attached hydrogen (secondary N) is 1. The quantitative estimate of drug-likeness (QED) is 0.477. The van der Waals surface area contributed by atoms with Crippen molar-refractivity contribution in [2.75, 3.05) is 0 Å². The number of thiocarbonyl (C=S) groups is 1. The first-order valence-electron chi connectivity index (χ1n) is 2.24. The molecule has 0 fully saturated rings. The molecule has 1 amide bonds. The number of hydrogen-bond donors (Lipinski definition) is 1. The number of carbonyl (C=O) groups is 1. The zero-order chi connectivity index (χ0) is 6.15. The predicted molar refractivity (Wildman–Crippen MR) is 34.5 cm³/mol. The molecule has 0 spiro atoms. The fourth-order valence-electron chi connectivity index (χ4n) is 0.509. The molecule has 0 aromatic carbocycles. The van der Waals surface area contributed by atoms with Crippen LogP contribution < -0.4 is 5.32 Å². The Morgan fingerprint density at radius 1 is 1.75 bits per heavy atom. The van der Waals surface area contributed by atoms with Gasteiger partial charge in [0.25, 0.3) is 0 Å². The molecule has 0 atom stereocenters. The summed E-state index contributed by atoms with van der Waals surface area (Å²) in [6.07, 6.45) is 1.49. The molecule has 2 nitrogen and oxygen atoms in total. The van der Waals surface area contributed by atoms with E-state index in [4.69, 9.17) is 12.2 Å². The molecule has 0 unspecified atom stereocenters. The smallest absolute Gasteiger partial charge is 0.249 e. The molecule has 1 heterocycles. The number of carbonyl (C=O) groups excluding carboxylic acids is 1. The third-order valence-corrected chi connectivity index (χ3v) is 1.37. The first-order chi connectivity index (χ1) is 3.70. The second-order valence-electron chi connectivity index (χ2n) is 1.65. The van der Waals surface area contributed by atoms with E-state index in [-0.39, 0.29) is 5.91 Å². The Labute approximate surface area is 52.6 Å². The van der Waals surface area contributed by atoms with Crippen LogP contribution in [0.3, 0.4) is 0 Å². The van der Waals surface area contributed by atoms with Crippen molar-refractivity contribution in [3.63, 3.8) is 0 Å². The van der Waals surface area contributed by atoms with Crippen LogP contribution >= 0.6 is 12.2 Å². The Morgan fingerprint density at radius 2 is 2.38 bits per heavy atom. The standard InChI is InChI=1S/C5H5NOS/c1-3-2-4(7)6-5(3)8/h2H,1H3,(H,6,7,8). The van der Waals surface area contributed by atoms with Crippen molar-refractivity contribution in [1.82, 2.24) is 5.32 Å². The van der Waals surface area contributed by atoms with Gasteiger partial charge in [0, 0.05) is 6.08 Å². The Balaban J connectivity index is 2.88. The highest BCUT2D eigenvalue weighted by Crippen LogP contribution is 2.00. The molecule has 0 radical (unpaired) electrons. The molecule has 0 aliphatic carbocycles. The van der Waals surface area contributed by atoms with Gasteiger partial charge in [-0.25, -0.2) is 0 Å². The van der Waals surface area contributed by atoms with Gasteiger partial charge in [0.15, 0.2) is 0 Å². The Bertz CT molecular complexity index is 183. The molecule has 1 rings (SSSR count). The van der Waals surface area contributed by atoms with Crippen molar-refractivity contribution in [3.05, 3.63) is 11.6 Å². The molecular formula is C5H5NOS. The van der Waals surface area contributed by atoms with Gasteiger partial charge in [-0.2, -0.15) is 0 Å². The average molecular weight is 127 g/mol. The van der Waals surface area contributed by atoms with Crippen LogP contribution in [0.25, 0.3) is 0 Å². The van der Waals surface area contributed by atoms with E-state index in [0.29, 0.717) is 4.99 Å². The molecule has 8 heavy (non-hydrogen) atoms. The van der Waals surface area contributed by atoms with Crippen LogP contribution in [0.4, 0.5) is 0 Å². The molecule has 0 saturated carbocycles. The average Bonchev–Trinajstić information content (AvgIpc) is 1.85. The summed E-state index contributed by atoms with van der Waals surface area (Å²) in [6.45, 7) is 1.81. The summed E-state index contributed by atoms with van der Waals surface area (Å²) in [4.78, 5) is 10.9. The van der Waals surface area contributed by atoms with E-state index in [2.05, 4.69) is 5.32 Å². The van der Waals surface area contributed by atoms with E-state index in [9.17, 15) is 4.79 Å². The maximum atomic E-state index is 10.4. The van der Waals surface area contributed by atoms with Crippen LogP contribution in [0.15, 0.2) is 11.6 Å². The van der Waals surface area contributed by atoms with Gasteiger partial charge in [0.2, 0.25) is 5.91 Å². The largest absolute Gasteiger partial charge is 0.313 e. The van der Waals surface area contributed by atoms with E-state index < -0.39 is 0 Å². The molecule has 0 bridgehead atoms. The van der Waals surface area contributed by atoms with Crippen molar-refractivity contribution in [1.29, 1.82) is 0 Å². The number of rotatable bonds is 0. The van der Waals surface area contributed by atoms with Gasteiger partial charge in [-0.05, 0) is 12.5 Å². The maximum absolute atomic E-state index is 10.4. The molecule has 0 aromatic heterocycles. The van der Waals surface area contributed by atoms with Crippen LogP contribution in [-0.4, -0.2) is 10.9 Å². The second-order valence-corrected chi connectivity index (χ2v) is 2.05. The molecule has 1 aliphatic heterocycles. The van der Waals surface area contributed by atoms with Crippen molar-refractivity contribution in [2.45, 2.75) is 6.92 Å². The summed E-state index contributed by atoms with van der Waals surface area (Å²) in [5, 5.41) is 2.47. The Hall–Kier alpha value is -0.700. The fourth-order valence-corrected chi connectivity index (χ4v) is 0.668. The molecule has 1 aliphatic rings. The Kier molecular flexibility index (Phi) is 1.13. The summed E-state index contributed by atoms with van der Waals surface area (Å²) >= 11 is 4.72. The fraction of sp³-hybridized carbons (Fsp3) is 0.200. The summed E-state index contributed by atoms with van der Waals surface area (Å²) in [7, 11) is 0. The van der Waals surface area contributed by atoms with Crippen molar-refractivity contribution in [2.24, 2.45) is 0 Å². The van der Waals surface area contributed by atoms with Crippen LogP contribution in [-0.2, 0) is 4.79 Å². The number of hydrogen-bond acceptors (Lipinski definition) is 2. The van der Waals surface area contributed by atoms with Crippen LogP contribution in [0.5, 0.6) is 0 Å². The summed E-state index contributed by atoms with van der Waals surface area (Å²) in [5.74, 6) is -0.104. The SMILES string of the molecule is CC1=CC(=O)NC1=S. The number of amides is 1. The van der Waals surface area contributed by atoms with Crippen molar-refractivity contribution < 1.29 is 4.79 Å². The van der Waals surface area contributed by atoms with E-state index in [0.717, 1.165) is 5.57 Å². The minimum Gasteiger partial charge on any atom is -0.313 e. The predicted octanol–water partition coefficient (Wildman–Crippen LogP) is 0.390. The van der Waals surface area contributed by atoms with Gasteiger partial charge in [0.05, 0.1) is 0 Å². The molecule has 3 heteroatoms. The lowest BCUT2D eigenvalue weighted by Gasteiger charge is -1.89.